The number of benzene rings is 2. The molecule has 4 amide bonds. The van der Waals surface area contributed by atoms with Crippen LogP contribution in [-0.2, 0) is 9.59 Å². The highest BCUT2D eigenvalue weighted by Gasteiger charge is 2.15. The number of hydrogen-bond acceptors (Lipinski definition) is 7. The standard InChI is InChI=1S/C17H15ClN4O7/c18-11-5-7-12(8-6-11)28-9-15(23)19-17(25)21-20-16(24)10-29-14-4-2-1-3-13(14)22(26)27/h1-8H,9-10H2,(H,20,24)(H2,19,21,23,25). The van der Waals surface area contributed by atoms with Gasteiger partial charge in [-0.25, -0.2) is 10.2 Å². The van der Waals surface area contributed by atoms with Crippen molar-refractivity contribution >= 4 is 35.1 Å². The van der Waals surface area contributed by atoms with Gasteiger partial charge in [0, 0.05) is 11.1 Å². The molecule has 3 N–H and O–H groups in total. The number of para-hydroxylation sites is 2. The molecule has 0 aliphatic heterocycles. The lowest BCUT2D eigenvalue weighted by Gasteiger charge is -2.10. The Kier molecular flexibility index (Phi) is 7.74. The molecule has 0 aliphatic rings. The number of nitrogens with zero attached hydrogens (tertiary/aromatic N) is 1. The van der Waals surface area contributed by atoms with Crippen molar-refractivity contribution in [3.05, 3.63) is 63.7 Å². The van der Waals surface area contributed by atoms with E-state index in [1.807, 2.05) is 16.2 Å². The molecule has 0 unspecified atom stereocenters. The molecular formula is C17H15ClN4O7. The summed E-state index contributed by atoms with van der Waals surface area (Å²) in [6.45, 7) is -1.04. The lowest BCUT2D eigenvalue weighted by Crippen LogP contribution is -2.50. The quantitative estimate of drug-likeness (QED) is 0.452. The monoisotopic (exact) mass is 422 g/mol. The molecule has 0 radical (unpaired) electrons. The van der Waals surface area contributed by atoms with Gasteiger partial charge in [-0.15, -0.1) is 0 Å². The van der Waals surface area contributed by atoms with Gasteiger partial charge in [0.15, 0.2) is 19.0 Å². The Labute approximate surface area is 169 Å². The van der Waals surface area contributed by atoms with E-state index >= 15 is 0 Å². The number of hydrazine groups is 1. The predicted molar refractivity (Wildman–Crippen MR) is 100 cm³/mol. The fourth-order valence-corrected chi connectivity index (χ4v) is 2.04. The van der Waals surface area contributed by atoms with Crippen LogP contribution in [0.25, 0.3) is 0 Å². The molecule has 0 heterocycles. The Morgan fingerprint density at radius 1 is 0.931 bits per heavy atom. The maximum atomic E-state index is 11.7. The summed E-state index contributed by atoms with van der Waals surface area (Å²) in [4.78, 5) is 45.1. The van der Waals surface area contributed by atoms with Crippen molar-refractivity contribution in [3.63, 3.8) is 0 Å². The molecular weight excluding hydrogens is 408 g/mol. The summed E-state index contributed by atoms with van der Waals surface area (Å²) < 4.78 is 10.2. The lowest BCUT2D eigenvalue weighted by molar-refractivity contribution is -0.385. The van der Waals surface area contributed by atoms with Gasteiger partial charge < -0.3 is 9.47 Å². The number of carbonyl (C=O) groups excluding carboxylic acids is 3. The van der Waals surface area contributed by atoms with E-state index in [0.717, 1.165) is 0 Å². The number of nitrogens with one attached hydrogen (secondary N) is 3. The zero-order chi connectivity index (χ0) is 21.2. The van der Waals surface area contributed by atoms with E-state index in [1.54, 1.807) is 24.3 Å². The molecule has 0 bridgehead atoms. The van der Waals surface area contributed by atoms with Crippen LogP contribution < -0.4 is 25.6 Å². The van der Waals surface area contributed by atoms with E-state index in [1.165, 1.54) is 24.3 Å². The van der Waals surface area contributed by atoms with Crippen molar-refractivity contribution in [2.24, 2.45) is 0 Å². The molecule has 2 aromatic rings. The van der Waals surface area contributed by atoms with Crippen LogP contribution >= 0.6 is 11.6 Å². The SMILES string of the molecule is O=C(COc1ccccc1[N+](=O)[O-])NNC(=O)NC(=O)COc1ccc(Cl)cc1. The van der Waals surface area contributed by atoms with E-state index in [-0.39, 0.29) is 11.4 Å². The summed E-state index contributed by atoms with van der Waals surface area (Å²) in [5.74, 6) is -1.29. The fourth-order valence-electron chi connectivity index (χ4n) is 1.91. The van der Waals surface area contributed by atoms with Crippen molar-refractivity contribution < 1.29 is 28.8 Å². The lowest BCUT2D eigenvalue weighted by atomic mass is 10.3. The van der Waals surface area contributed by atoms with E-state index < -0.39 is 36.0 Å². The molecule has 12 heteroatoms. The van der Waals surface area contributed by atoms with Gasteiger partial charge in [0.1, 0.15) is 5.75 Å². The maximum absolute atomic E-state index is 11.7. The number of urea groups is 1. The number of ether oxygens (including phenoxy) is 2. The van der Waals surface area contributed by atoms with Crippen LogP contribution in [0.3, 0.4) is 0 Å². The summed E-state index contributed by atoms with van der Waals surface area (Å²) >= 11 is 5.72. The van der Waals surface area contributed by atoms with Gasteiger partial charge in [-0.05, 0) is 30.3 Å². The van der Waals surface area contributed by atoms with E-state index in [2.05, 4.69) is 0 Å². The number of halogens is 1. The van der Waals surface area contributed by atoms with Crippen LogP contribution in [0.15, 0.2) is 48.5 Å². The third-order valence-electron chi connectivity index (χ3n) is 3.17. The highest BCUT2D eigenvalue weighted by Crippen LogP contribution is 2.25. The van der Waals surface area contributed by atoms with Crippen LogP contribution in [0.1, 0.15) is 0 Å². The van der Waals surface area contributed by atoms with E-state index in [9.17, 15) is 24.5 Å². The summed E-state index contributed by atoms with van der Waals surface area (Å²) in [7, 11) is 0. The second-order valence-electron chi connectivity index (χ2n) is 5.31. The highest BCUT2D eigenvalue weighted by atomic mass is 35.5. The minimum absolute atomic E-state index is 0.105. The molecule has 11 nitrogen and oxygen atoms in total. The van der Waals surface area contributed by atoms with Crippen molar-refractivity contribution in [1.29, 1.82) is 0 Å². The van der Waals surface area contributed by atoms with Gasteiger partial charge in [-0.3, -0.25) is 30.4 Å². The molecule has 152 valence electrons. The minimum atomic E-state index is -1.01. The third-order valence-corrected chi connectivity index (χ3v) is 3.42. The first-order valence-corrected chi connectivity index (χ1v) is 8.36. The summed E-state index contributed by atoms with van der Waals surface area (Å²) in [5.41, 5.74) is 3.61. The van der Waals surface area contributed by atoms with E-state index in [4.69, 9.17) is 21.1 Å². The summed E-state index contributed by atoms with van der Waals surface area (Å²) in [6, 6.07) is 10.7. The molecule has 0 aromatic heterocycles. The molecule has 0 aliphatic carbocycles. The van der Waals surface area contributed by atoms with Gasteiger partial charge >= 0.3 is 11.7 Å². The highest BCUT2D eigenvalue weighted by molar-refractivity contribution is 6.30. The van der Waals surface area contributed by atoms with Crippen molar-refractivity contribution in [1.82, 2.24) is 16.2 Å². The Bertz CT molecular complexity index is 905. The molecule has 0 spiro atoms. The third kappa shape index (κ3) is 7.34. The molecule has 0 atom stereocenters. The van der Waals surface area contributed by atoms with Gasteiger partial charge in [0.25, 0.3) is 11.8 Å². The first-order chi connectivity index (χ1) is 13.8. The Hall–Kier alpha value is -3.86. The molecule has 2 aromatic carbocycles. The van der Waals surface area contributed by atoms with Crippen LogP contribution in [-0.4, -0.2) is 36.0 Å². The topological polar surface area (TPSA) is 149 Å². The molecule has 0 saturated carbocycles. The summed E-state index contributed by atoms with van der Waals surface area (Å²) in [5, 5.41) is 13.3. The van der Waals surface area contributed by atoms with E-state index in [0.29, 0.717) is 10.8 Å². The van der Waals surface area contributed by atoms with Gasteiger partial charge in [0.2, 0.25) is 0 Å². The number of amides is 4. The number of hydrogen-bond donors (Lipinski definition) is 3. The molecule has 29 heavy (non-hydrogen) atoms. The second kappa shape index (κ2) is 10.5. The zero-order valence-corrected chi connectivity index (χ0v) is 15.5. The number of nitro groups is 1. The smallest absolute Gasteiger partial charge is 0.340 e. The average molecular weight is 423 g/mol. The number of carbonyl (C=O) groups is 3. The van der Waals surface area contributed by atoms with Gasteiger partial charge in [-0.2, -0.15) is 0 Å². The fraction of sp³-hybridized carbons (Fsp3) is 0.118. The maximum Gasteiger partial charge on any atom is 0.340 e. The number of imide groups is 1. The van der Waals surface area contributed by atoms with Crippen LogP contribution in [0, 0.1) is 10.1 Å². The van der Waals surface area contributed by atoms with Crippen LogP contribution in [0.4, 0.5) is 10.5 Å². The number of nitro benzene ring substituents is 1. The van der Waals surface area contributed by atoms with Crippen molar-refractivity contribution in [2.45, 2.75) is 0 Å². The molecule has 0 saturated heterocycles. The largest absolute Gasteiger partial charge is 0.484 e. The van der Waals surface area contributed by atoms with Crippen LogP contribution in [0.5, 0.6) is 11.5 Å². The Balaban J connectivity index is 1.69. The first kappa shape index (κ1) is 21.4. The van der Waals surface area contributed by atoms with Gasteiger partial charge in [0.05, 0.1) is 4.92 Å². The minimum Gasteiger partial charge on any atom is -0.484 e. The Morgan fingerprint density at radius 2 is 1.59 bits per heavy atom. The Morgan fingerprint density at radius 3 is 2.28 bits per heavy atom. The van der Waals surface area contributed by atoms with Crippen LogP contribution in [0.2, 0.25) is 5.02 Å². The normalized spacial score (nSPS) is 9.83. The number of rotatable bonds is 7. The van der Waals surface area contributed by atoms with Crippen molar-refractivity contribution in [3.8, 4) is 11.5 Å². The first-order valence-electron chi connectivity index (χ1n) is 7.98. The summed E-state index contributed by atoms with van der Waals surface area (Å²) in [6.07, 6.45) is 0. The molecule has 2 rings (SSSR count). The van der Waals surface area contributed by atoms with Gasteiger partial charge in [-0.1, -0.05) is 23.7 Å². The van der Waals surface area contributed by atoms with Crippen molar-refractivity contribution in [2.75, 3.05) is 13.2 Å². The average Bonchev–Trinajstić information content (AvgIpc) is 2.70. The molecule has 0 fully saturated rings. The zero-order valence-electron chi connectivity index (χ0n) is 14.7. The second-order valence-corrected chi connectivity index (χ2v) is 5.74. The predicted octanol–water partition coefficient (Wildman–Crippen LogP) is 1.56.